The highest BCUT2D eigenvalue weighted by atomic mass is 35.5. The lowest BCUT2D eigenvalue weighted by molar-refractivity contribution is -0.137. The van der Waals surface area contributed by atoms with Gasteiger partial charge in [0.2, 0.25) is 0 Å². The molecule has 0 fully saturated rings. The Balaban J connectivity index is 2.41. The fourth-order valence-corrected chi connectivity index (χ4v) is 2.35. The van der Waals surface area contributed by atoms with E-state index < -0.39 is 29.1 Å². The zero-order valence-electron chi connectivity index (χ0n) is 11.5. The molecular formula is C15H6Cl2F4O3. The van der Waals surface area contributed by atoms with Gasteiger partial charge in [0.05, 0.1) is 21.7 Å². The molecule has 0 aliphatic carbocycles. The smallest absolute Gasteiger partial charge is 0.416 e. The van der Waals surface area contributed by atoms with Crippen molar-refractivity contribution in [1.82, 2.24) is 0 Å². The first-order chi connectivity index (χ1) is 11.1. The topological polar surface area (TPSA) is 43.4 Å². The molecule has 3 nitrogen and oxygen atoms in total. The number of ether oxygens (including phenoxy) is 1. The van der Waals surface area contributed by atoms with Crippen molar-refractivity contribution < 1.29 is 31.9 Å². The summed E-state index contributed by atoms with van der Waals surface area (Å²) >= 11 is 11.5. The highest BCUT2D eigenvalue weighted by molar-refractivity contribution is 6.36. The Morgan fingerprint density at radius 2 is 1.75 bits per heavy atom. The Morgan fingerprint density at radius 1 is 1.08 bits per heavy atom. The van der Waals surface area contributed by atoms with Crippen molar-refractivity contribution in [1.29, 1.82) is 0 Å². The van der Waals surface area contributed by atoms with E-state index in [0.717, 1.165) is 6.07 Å². The van der Waals surface area contributed by atoms with Crippen LogP contribution < -0.4 is 4.74 Å². The van der Waals surface area contributed by atoms with Gasteiger partial charge in [-0.3, -0.25) is 4.79 Å². The van der Waals surface area contributed by atoms with E-state index in [0.29, 0.717) is 18.4 Å². The van der Waals surface area contributed by atoms with Crippen molar-refractivity contribution in [2.24, 2.45) is 0 Å². The zero-order valence-corrected chi connectivity index (χ0v) is 13.0. The Bertz CT molecular complexity index is 819. The first-order valence-corrected chi connectivity index (χ1v) is 6.91. The van der Waals surface area contributed by atoms with Gasteiger partial charge in [0.25, 0.3) is 0 Å². The summed E-state index contributed by atoms with van der Waals surface area (Å²) in [5.74, 6) is -2.97. The highest BCUT2D eigenvalue weighted by Crippen LogP contribution is 2.33. The van der Waals surface area contributed by atoms with E-state index in [4.69, 9.17) is 27.9 Å². The quantitative estimate of drug-likeness (QED) is 0.318. The Labute approximate surface area is 142 Å². The van der Waals surface area contributed by atoms with Gasteiger partial charge < -0.3 is 4.74 Å². The van der Waals surface area contributed by atoms with E-state index in [9.17, 15) is 27.2 Å². The number of halogens is 6. The molecule has 2 rings (SSSR count). The van der Waals surface area contributed by atoms with Crippen LogP contribution in [-0.2, 0) is 6.18 Å². The molecule has 0 aliphatic rings. The zero-order chi connectivity index (χ0) is 18.1. The lowest BCUT2D eigenvalue weighted by atomic mass is 10.1. The maximum absolute atomic E-state index is 13.3. The number of carbonyl (C=O) groups is 2. The van der Waals surface area contributed by atoms with Gasteiger partial charge in [0.15, 0.2) is 12.0 Å². The van der Waals surface area contributed by atoms with Crippen molar-refractivity contribution in [3.8, 4) is 5.75 Å². The van der Waals surface area contributed by atoms with Crippen LogP contribution in [0, 0.1) is 5.82 Å². The number of aldehydes is 1. The normalized spacial score (nSPS) is 11.2. The molecule has 2 aromatic rings. The lowest BCUT2D eigenvalue weighted by Crippen LogP contribution is -2.13. The number of carbonyl (C=O) groups excluding carboxylic acids is 2. The van der Waals surface area contributed by atoms with Gasteiger partial charge in [-0.05, 0) is 30.3 Å². The van der Waals surface area contributed by atoms with Gasteiger partial charge in [-0.2, -0.15) is 13.2 Å². The maximum atomic E-state index is 13.3. The Morgan fingerprint density at radius 3 is 2.33 bits per heavy atom. The van der Waals surface area contributed by atoms with Crippen molar-refractivity contribution in [3.63, 3.8) is 0 Å². The first kappa shape index (κ1) is 18.2. The second-order valence-corrected chi connectivity index (χ2v) is 5.38. The van der Waals surface area contributed by atoms with E-state index in [1.54, 1.807) is 0 Å². The third-order valence-electron chi connectivity index (χ3n) is 2.82. The highest BCUT2D eigenvalue weighted by Gasteiger charge is 2.32. The molecule has 0 N–H and O–H groups in total. The predicted molar refractivity (Wildman–Crippen MR) is 78.2 cm³/mol. The van der Waals surface area contributed by atoms with Crippen LogP contribution in [-0.4, -0.2) is 12.3 Å². The predicted octanol–water partition coefficient (Wildman–Crippen LogP) is 5.18. The second-order valence-electron chi connectivity index (χ2n) is 4.54. The summed E-state index contributed by atoms with van der Waals surface area (Å²) in [6.45, 7) is 0. The van der Waals surface area contributed by atoms with Gasteiger partial charge in [-0.25, -0.2) is 9.18 Å². The van der Waals surface area contributed by atoms with Crippen LogP contribution in [0.1, 0.15) is 26.3 Å². The molecule has 0 aliphatic heterocycles. The van der Waals surface area contributed by atoms with Crippen molar-refractivity contribution in [2.75, 3.05) is 0 Å². The van der Waals surface area contributed by atoms with Crippen LogP contribution >= 0.6 is 23.2 Å². The number of hydrogen-bond acceptors (Lipinski definition) is 3. The molecule has 24 heavy (non-hydrogen) atoms. The summed E-state index contributed by atoms with van der Waals surface area (Å²) in [5.41, 5.74) is -2.23. The first-order valence-electron chi connectivity index (χ1n) is 6.16. The van der Waals surface area contributed by atoms with Crippen LogP contribution in [0.2, 0.25) is 10.0 Å². The van der Waals surface area contributed by atoms with E-state index in [1.165, 1.54) is 6.07 Å². The molecule has 0 aromatic heterocycles. The number of alkyl halides is 3. The molecule has 2 aromatic carbocycles. The molecule has 0 radical (unpaired) electrons. The van der Waals surface area contributed by atoms with Crippen LogP contribution in [0.4, 0.5) is 17.6 Å². The maximum Gasteiger partial charge on any atom is 0.416 e. The summed E-state index contributed by atoms with van der Waals surface area (Å²) in [5, 5.41) is -0.114. The minimum absolute atomic E-state index is 0.0898. The van der Waals surface area contributed by atoms with Gasteiger partial charge in [-0.1, -0.05) is 23.2 Å². The minimum Gasteiger partial charge on any atom is -0.421 e. The summed E-state index contributed by atoms with van der Waals surface area (Å²) in [6, 6.07) is 3.56. The molecule has 0 spiro atoms. The Hall–Kier alpha value is -2.12. The average Bonchev–Trinajstić information content (AvgIpc) is 2.47. The van der Waals surface area contributed by atoms with Crippen molar-refractivity contribution >= 4 is 35.5 Å². The van der Waals surface area contributed by atoms with Gasteiger partial charge in [0.1, 0.15) is 5.82 Å². The minimum atomic E-state index is -4.84. The van der Waals surface area contributed by atoms with Crippen molar-refractivity contribution in [2.45, 2.75) is 6.18 Å². The third kappa shape index (κ3) is 4.04. The fourth-order valence-electron chi connectivity index (χ4n) is 1.80. The lowest BCUT2D eigenvalue weighted by Gasteiger charge is -2.11. The summed E-state index contributed by atoms with van der Waals surface area (Å²) in [4.78, 5) is 23.0. The van der Waals surface area contributed by atoms with Gasteiger partial charge >= 0.3 is 12.1 Å². The molecule has 0 unspecified atom stereocenters. The third-order valence-corrected chi connectivity index (χ3v) is 3.32. The molecule has 0 bridgehead atoms. The average molecular weight is 381 g/mol. The van der Waals surface area contributed by atoms with Crippen LogP contribution in [0.5, 0.6) is 5.75 Å². The van der Waals surface area contributed by atoms with Crippen LogP contribution in [0.15, 0.2) is 30.3 Å². The van der Waals surface area contributed by atoms with E-state index in [1.807, 2.05) is 0 Å². The van der Waals surface area contributed by atoms with Gasteiger partial charge in [-0.15, -0.1) is 0 Å². The summed E-state index contributed by atoms with van der Waals surface area (Å²) < 4.78 is 56.2. The number of benzene rings is 2. The Kier molecular flexibility index (Phi) is 5.15. The molecule has 0 saturated carbocycles. The van der Waals surface area contributed by atoms with E-state index in [2.05, 4.69) is 0 Å². The summed E-state index contributed by atoms with van der Waals surface area (Å²) in [7, 11) is 0. The fraction of sp³-hybridized carbons (Fsp3) is 0.0667. The molecule has 9 heteroatoms. The standard InChI is InChI=1S/C15H6Cl2F4O3/c16-10-2-8(6-22)13(12(17)5-10)24-14(23)7-1-9(15(19,20)21)4-11(18)3-7/h1-6H. The molecule has 0 saturated heterocycles. The van der Waals surface area contributed by atoms with Crippen molar-refractivity contribution in [3.05, 3.63) is 62.9 Å². The SMILES string of the molecule is O=Cc1cc(Cl)cc(Cl)c1OC(=O)c1cc(F)cc(C(F)(F)F)c1. The van der Waals surface area contributed by atoms with E-state index >= 15 is 0 Å². The largest absolute Gasteiger partial charge is 0.421 e. The number of hydrogen-bond donors (Lipinski definition) is 0. The van der Waals surface area contributed by atoms with Crippen LogP contribution in [0.3, 0.4) is 0 Å². The molecular weight excluding hydrogens is 375 g/mol. The number of rotatable bonds is 3. The second kappa shape index (κ2) is 6.78. The molecule has 0 amide bonds. The van der Waals surface area contributed by atoms with Gasteiger partial charge in [0, 0.05) is 5.02 Å². The molecule has 126 valence electrons. The molecule has 0 heterocycles. The summed E-state index contributed by atoms with van der Waals surface area (Å²) in [6.07, 6.45) is -4.55. The van der Waals surface area contributed by atoms with Crippen LogP contribution in [0.25, 0.3) is 0 Å². The number of esters is 1. The monoisotopic (exact) mass is 380 g/mol. The van der Waals surface area contributed by atoms with E-state index in [-0.39, 0.29) is 27.4 Å². The molecule has 0 atom stereocenters.